The lowest BCUT2D eigenvalue weighted by molar-refractivity contribution is -0.125. The zero-order valence-corrected chi connectivity index (χ0v) is 21.1. The molecule has 0 heterocycles. The Kier molecular flexibility index (Phi) is 16.9. The number of carbonyl (C=O) groups is 4. The number of nitrogens with two attached hydrogens (primary N) is 3. The van der Waals surface area contributed by atoms with Gasteiger partial charge in [-0.25, -0.2) is 4.79 Å². The van der Waals surface area contributed by atoms with Gasteiger partial charge in [-0.15, -0.1) is 0 Å². The van der Waals surface area contributed by atoms with Crippen LogP contribution in [0.1, 0.15) is 78.6 Å². The van der Waals surface area contributed by atoms with Crippen molar-refractivity contribution in [1.29, 1.82) is 0 Å². The van der Waals surface area contributed by atoms with E-state index in [1.807, 2.05) is 0 Å². The molecule has 0 aromatic rings. The van der Waals surface area contributed by atoms with Crippen LogP contribution in [-0.4, -0.2) is 67.6 Å². The van der Waals surface area contributed by atoms with E-state index < -0.39 is 29.8 Å². The summed E-state index contributed by atoms with van der Waals surface area (Å²) in [5.41, 5.74) is 16.6. The molecule has 0 rings (SSSR count). The van der Waals surface area contributed by atoms with Crippen molar-refractivity contribution in [2.24, 2.45) is 17.2 Å². The molecule has 0 spiro atoms. The Labute approximate surface area is 203 Å². The van der Waals surface area contributed by atoms with E-state index in [1.54, 1.807) is 20.8 Å². The van der Waals surface area contributed by atoms with Crippen molar-refractivity contribution in [3.05, 3.63) is 0 Å². The molecule has 0 fully saturated rings. The van der Waals surface area contributed by atoms with Gasteiger partial charge in [-0.2, -0.15) is 0 Å². The number of unbranched alkanes of at least 4 members (excludes halogenated alkanes) is 3. The molecule has 3 atom stereocenters. The average Bonchev–Trinajstić information content (AvgIpc) is 2.76. The van der Waals surface area contributed by atoms with Gasteiger partial charge in [0.15, 0.2) is 0 Å². The third-order valence-corrected chi connectivity index (χ3v) is 4.99. The van der Waals surface area contributed by atoms with Crippen LogP contribution in [0.2, 0.25) is 0 Å². The molecule has 11 nitrogen and oxygen atoms in total. The highest BCUT2D eigenvalue weighted by atomic mass is 16.6. The summed E-state index contributed by atoms with van der Waals surface area (Å²) in [5, 5.41) is 8.11. The van der Waals surface area contributed by atoms with Gasteiger partial charge >= 0.3 is 6.09 Å². The van der Waals surface area contributed by atoms with Gasteiger partial charge in [-0.3, -0.25) is 9.59 Å². The Morgan fingerprint density at radius 3 is 1.91 bits per heavy atom. The lowest BCUT2D eigenvalue weighted by atomic mass is 10.1. The van der Waals surface area contributed by atoms with Gasteiger partial charge in [0.25, 0.3) is 0 Å². The molecule has 0 radical (unpaired) electrons. The highest BCUT2D eigenvalue weighted by Crippen LogP contribution is 2.07. The van der Waals surface area contributed by atoms with Crippen molar-refractivity contribution >= 4 is 24.2 Å². The lowest BCUT2D eigenvalue weighted by Crippen LogP contribution is -2.46. The Morgan fingerprint density at radius 2 is 1.35 bits per heavy atom. The van der Waals surface area contributed by atoms with Crippen molar-refractivity contribution in [3.63, 3.8) is 0 Å². The Hall–Kier alpha value is -2.24. The number of hydrogen-bond acceptors (Lipinski definition) is 8. The van der Waals surface area contributed by atoms with Crippen LogP contribution in [0.4, 0.5) is 4.79 Å². The second-order valence-electron chi connectivity index (χ2n) is 9.46. The Balaban J connectivity index is 3.91. The minimum atomic E-state index is -0.650. The summed E-state index contributed by atoms with van der Waals surface area (Å²) in [5.74, 6) is -0.571. The van der Waals surface area contributed by atoms with Crippen molar-refractivity contribution in [3.8, 4) is 0 Å². The molecule has 0 bridgehead atoms. The molecular weight excluding hydrogens is 440 g/mol. The number of ether oxygens (including phenoxy) is 1. The fourth-order valence-corrected chi connectivity index (χ4v) is 3.06. The molecule has 0 aliphatic rings. The van der Waals surface area contributed by atoms with E-state index in [1.165, 1.54) is 0 Å². The second kappa shape index (κ2) is 18.1. The number of rotatable bonds is 18. The SMILES string of the molecule is CC(C)(C)OC(=O)NCCCCC(N)C(=O)NCCCCC(C=O)NC(=O)C(N)CCCCN. The number of amides is 3. The minimum Gasteiger partial charge on any atom is -0.444 e. The van der Waals surface area contributed by atoms with Crippen LogP contribution >= 0.6 is 0 Å². The first-order valence-corrected chi connectivity index (χ1v) is 12.2. The maximum atomic E-state index is 12.1. The summed E-state index contributed by atoms with van der Waals surface area (Å²) >= 11 is 0. The lowest BCUT2D eigenvalue weighted by Gasteiger charge is -2.19. The highest BCUT2D eigenvalue weighted by molar-refractivity contribution is 5.84. The number of hydrogen-bond donors (Lipinski definition) is 6. The second-order valence-corrected chi connectivity index (χ2v) is 9.46. The molecular formula is C23H46N6O5. The maximum Gasteiger partial charge on any atom is 0.407 e. The Bertz CT molecular complexity index is 611. The minimum absolute atomic E-state index is 0.233. The van der Waals surface area contributed by atoms with E-state index in [9.17, 15) is 19.2 Å². The first-order valence-electron chi connectivity index (χ1n) is 12.2. The summed E-state index contributed by atoms with van der Waals surface area (Å²) in [7, 11) is 0. The first-order chi connectivity index (χ1) is 16.0. The molecule has 9 N–H and O–H groups in total. The molecule has 0 aromatic heterocycles. The summed E-state index contributed by atoms with van der Waals surface area (Å²) in [6, 6.07) is -1.87. The molecule has 0 aromatic carbocycles. The molecule has 3 amide bonds. The molecule has 11 heteroatoms. The van der Waals surface area contributed by atoms with E-state index in [0.717, 1.165) is 12.8 Å². The number of aldehydes is 1. The summed E-state index contributed by atoms with van der Waals surface area (Å²) in [6.07, 6.45) is 6.01. The largest absolute Gasteiger partial charge is 0.444 e. The summed E-state index contributed by atoms with van der Waals surface area (Å²) < 4.78 is 5.15. The summed E-state index contributed by atoms with van der Waals surface area (Å²) in [4.78, 5) is 46.9. The van der Waals surface area contributed by atoms with Crippen LogP contribution in [0.25, 0.3) is 0 Å². The molecule has 0 aliphatic heterocycles. The van der Waals surface area contributed by atoms with Crippen LogP contribution in [0.3, 0.4) is 0 Å². The standard InChI is InChI=1S/C23H46N6O5/c1-23(2,3)34-22(33)28-15-9-6-12-18(25)20(31)27-14-8-5-10-17(16-30)29-21(32)19(26)11-4-7-13-24/h16-19H,4-15,24-26H2,1-3H3,(H,27,31)(H,28,33)(H,29,32). The Morgan fingerprint density at radius 1 is 0.824 bits per heavy atom. The predicted octanol–water partition coefficient (Wildman–Crippen LogP) is 0.435. The van der Waals surface area contributed by atoms with Gasteiger partial charge in [0.05, 0.1) is 18.1 Å². The van der Waals surface area contributed by atoms with E-state index >= 15 is 0 Å². The number of nitrogens with one attached hydrogen (secondary N) is 3. The third kappa shape index (κ3) is 17.3. The van der Waals surface area contributed by atoms with Gasteiger partial charge in [0.2, 0.25) is 11.8 Å². The zero-order valence-electron chi connectivity index (χ0n) is 21.1. The van der Waals surface area contributed by atoms with Crippen molar-refractivity contribution in [2.45, 2.75) is 102 Å². The quantitative estimate of drug-likeness (QED) is 0.119. The topological polar surface area (TPSA) is 192 Å². The molecule has 34 heavy (non-hydrogen) atoms. The van der Waals surface area contributed by atoms with Gasteiger partial charge in [0.1, 0.15) is 11.9 Å². The third-order valence-electron chi connectivity index (χ3n) is 4.99. The van der Waals surface area contributed by atoms with E-state index in [2.05, 4.69) is 16.0 Å². The fourth-order valence-electron chi connectivity index (χ4n) is 3.06. The summed E-state index contributed by atoms with van der Waals surface area (Å²) in [6.45, 7) is 6.84. The number of carbonyl (C=O) groups excluding carboxylic acids is 4. The van der Waals surface area contributed by atoms with Crippen LogP contribution in [-0.2, 0) is 19.1 Å². The maximum absolute atomic E-state index is 12.1. The van der Waals surface area contributed by atoms with Crippen LogP contribution in [0, 0.1) is 0 Å². The van der Waals surface area contributed by atoms with Crippen LogP contribution in [0.5, 0.6) is 0 Å². The number of alkyl carbamates (subject to hydrolysis) is 1. The van der Waals surface area contributed by atoms with Gasteiger partial charge in [-0.05, 0) is 78.7 Å². The zero-order chi connectivity index (χ0) is 26.0. The smallest absolute Gasteiger partial charge is 0.407 e. The molecule has 198 valence electrons. The van der Waals surface area contributed by atoms with Gasteiger partial charge in [0, 0.05) is 13.1 Å². The monoisotopic (exact) mass is 486 g/mol. The van der Waals surface area contributed by atoms with E-state index in [-0.39, 0.29) is 11.8 Å². The molecule has 0 saturated heterocycles. The molecule has 0 saturated carbocycles. The van der Waals surface area contributed by atoms with Crippen molar-refractivity contribution < 1.29 is 23.9 Å². The van der Waals surface area contributed by atoms with Crippen molar-refractivity contribution in [2.75, 3.05) is 19.6 Å². The van der Waals surface area contributed by atoms with Gasteiger partial charge < -0.3 is 42.7 Å². The van der Waals surface area contributed by atoms with Crippen LogP contribution < -0.4 is 33.2 Å². The van der Waals surface area contributed by atoms with E-state index in [4.69, 9.17) is 21.9 Å². The van der Waals surface area contributed by atoms with Gasteiger partial charge in [-0.1, -0.05) is 6.42 Å². The molecule has 3 unspecified atom stereocenters. The average molecular weight is 487 g/mol. The normalized spacial score (nSPS) is 13.9. The molecule has 0 aliphatic carbocycles. The first kappa shape index (κ1) is 31.8. The predicted molar refractivity (Wildman–Crippen MR) is 132 cm³/mol. The van der Waals surface area contributed by atoms with Crippen LogP contribution in [0.15, 0.2) is 0 Å². The van der Waals surface area contributed by atoms with E-state index in [0.29, 0.717) is 70.9 Å². The highest BCUT2D eigenvalue weighted by Gasteiger charge is 2.18. The fraction of sp³-hybridized carbons (Fsp3) is 0.826. The van der Waals surface area contributed by atoms with Crippen molar-refractivity contribution in [1.82, 2.24) is 16.0 Å².